The third kappa shape index (κ3) is 3.54. The molecule has 2 aliphatic rings. The van der Waals surface area contributed by atoms with Crippen molar-refractivity contribution in [2.75, 3.05) is 13.1 Å². The summed E-state index contributed by atoms with van der Waals surface area (Å²) < 4.78 is 0. The molecule has 1 aliphatic carbocycles. The maximum Gasteiger partial charge on any atom is 0.326 e. The van der Waals surface area contributed by atoms with Gasteiger partial charge in [0.2, 0.25) is 11.8 Å². The van der Waals surface area contributed by atoms with E-state index in [9.17, 15) is 19.5 Å². The van der Waals surface area contributed by atoms with E-state index in [-0.39, 0.29) is 24.2 Å². The molecule has 0 radical (unpaired) electrons. The molecule has 1 aliphatic heterocycles. The van der Waals surface area contributed by atoms with E-state index in [0.29, 0.717) is 31.8 Å². The van der Waals surface area contributed by atoms with E-state index in [2.05, 4.69) is 5.32 Å². The predicted molar refractivity (Wildman–Crippen MR) is 76.5 cm³/mol. The standard InChI is InChI=1S/C15H24N2O4/c1-2-16-12(18)7-4-8-13(19)17-9-10-5-3-6-11(10)14(17)15(20)21/h10-11,14H,2-9H2,1H3,(H,16,18)(H,20,21). The summed E-state index contributed by atoms with van der Waals surface area (Å²) >= 11 is 0. The quantitative estimate of drug-likeness (QED) is 0.765. The van der Waals surface area contributed by atoms with Gasteiger partial charge >= 0.3 is 5.97 Å². The van der Waals surface area contributed by atoms with Crippen LogP contribution in [0.4, 0.5) is 0 Å². The van der Waals surface area contributed by atoms with E-state index in [4.69, 9.17) is 0 Å². The number of rotatable bonds is 6. The molecular weight excluding hydrogens is 272 g/mol. The Hall–Kier alpha value is -1.59. The van der Waals surface area contributed by atoms with Crippen LogP contribution in [0.1, 0.15) is 45.4 Å². The minimum Gasteiger partial charge on any atom is -0.480 e. The zero-order valence-electron chi connectivity index (χ0n) is 12.5. The number of likely N-dealkylation sites (tertiary alicyclic amines) is 1. The largest absolute Gasteiger partial charge is 0.480 e. The molecule has 0 bridgehead atoms. The lowest BCUT2D eigenvalue weighted by Crippen LogP contribution is -2.43. The molecule has 118 valence electrons. The van der Waals surface area contributed by atoms with E-state index in [0.717, 1.165) is 19.3 Å². The van der Waals surface area contributed by atoms with E-state index in [1.807, 2.05) is 6.92 Å². The van der Waals surface area contributed by atoms with Crippen LogP contribution in [0.15, 0.2) is 0 Å². The van der Waals surface area contributed by atoms with Crippen LogP contribution in [-0.2, 0) is 14.4 Å². The van der Waals surface area contributed by atoms with Crippen molar-refractivity contribution < 1.29 is 19.5 Å². The highest BCUT2D eigenvalue weighted by Crippen LogP contribution is 2.42. The van der Waals surface area contributed by atoms with Gasteiger partial charge in [-0.1, -0.05) is 6.42 Å². The minimum absolute atomic E-state index is 0.0571. The van der Waals surface area contributed by atoms with Gasteiger partial charge in [0.15, 0.2) is 0 Å². The highest BCUT2D eigenvalue weighted by Gasteiger charge is 2.49. The molecule has 3 unspecified atom stereocenters. The third-order valence-electron chi connectivity index (χ3n) is 4.63. The maximum absolute atomic E-state index is 12.3. The molecule has 2 N–H and O–H groups in total. The molecule has 2 fully saturated rings. The van der Waals surface area contributed by atoms with Crippen molar-refractivity contribution >= 4 is 17.8 Å². The van der Waals surface area contributed by atoms with Crippen molar-refractivity contribution in [1.29, 1.82) is 0 Å². The normalized spacial score (nSPS) is 27.5. The topological polar surface area (TPSA) is 86.7 Å². The van der Waals surface area contributed by atoms with Gasteiger partial charge in [0.25, 0.3) is 0 Å². The first-order valence-electron chi connectivity index (χ1n) is 7.83. The summed E-state index contributed by atoms with van der Waals surface area (Å²) in [7, 11) is 0. The van der Waals surface area contributed by atoms with Gasteiger partial charge < -0.3 is 15.3 Å². The van der Waals surface area contributed by atoms with E-state index >= 15 is 0 Å². The van der Waals surface area contributed by atoms with Crippen LogP contribution in [0.3, 0.4) is 0 Å². The first-order valence-corrected chi connectivity index (χ1v) is 7.83. The monoisotopic (exact) mass is 296 g/mol. The van der Waals surface area contributed by atoms with Crippen molar-refractivity contribution in [3.63, 3.8) is 0 Å². The number of aliphatic carboxylic acids is 1. The van der Waals surface area contributed by atoms with Crippen LogP contribution in [0.25, 0.3) is 0 Å². The Morgan fingerprint density at radius 1 is 1.24 bits per heavy atom. The fourth-order valence-corrected chi connectivity index (χ4v) is 3.71. The number of amides is 2. The fourth-order valence-electron chi connectivity index (χ4n) is 3.71. The second kappa shape index (κ2) is 6.91. The molecule has 0 aromatic heterocycles. The minimum atomic E-state index is -0.888. The predicted octanol–water partition coefficient (Wildman–Crippen LogP) is 1.00. The Bertz CT molecular complexity index is 424. The molecule has 1 saturated heterocycles. The highest BCUT2D eigenvalue weighted by atomic mass is 16.4. The average molecular weight is 296 g/mol. The molecule has 6 nitrogen and oxygen atoms in total. The maximum atomic E-state index is 12.3. The van der Waals surface area contributed by atoms with Gasteiger partial charge in [-0.05, 0) is 38.0 Å². The van der Waals surface area contributed by atoms with Crippen LogP contribution in [0.2, 0.25) is 0 Å². The van der Waals surface area contributed by atoms with Crippen molar-refractivity contribution in [3.8, 4) is 0 Å². The van der Waals surface area contributed by atoms with Gasteiger partial charge in [-0.2, -0.15) is 0 Å². The fraction of sp³-hybridized carbons (Fsp3) is 0.800. The first-order chi connectivity index (χ1) is 10.0. The van der Waals surface area contributed by atoms with Crippen molar-refractivity contribution in [2.45, 2.75) is 51.5 Å². The summed E-state index contributed by atoms with van der Waals surface area (Å²) in [5, 5.41) is 12.1. The molecule has 1 heterocycles. The van der Waals surface area contributed by atoms with Crippen molar-refractivity contribution in [2.24, 2.45) is 11.8 Å². The summed E-state index contributed by atoms with van der Waals surface area (Å²) in [6.45, 7) is 3.01. The van der Waals surface area contributed by atoms with E-state index in [1.165, 1.54) is 4.90 Å². The van der Waals surface area contributed by atoms with Gasteiger partial charge in [-0.25, -0.2) is 4.79 Å². The number of hydrogen-bond donors (Lipinski definition) is 2. The molecular formula is C15H24N2O4. The lowest BCUT2D eigenvalue weighted by atomic mass is 9.94. The van der Waals surface area contributed by atoms with Crippen LogP contribution in [-0.4, -0.2) is 46.9 Å². The van der Waals surface area contributed by atoms with Gasteiger partial charge in [-0.15, -0.1) is 0 Å². The van der Waals surface area contributed by atoms with Crippen LogP contribution < -0.4 is 5.32 Å². The number of carboxylic acid groups (broad SMARTS) is 1. The molecule has 3 atom stereocenters. The van der Waals surface area contributed by atoms with Crippen molar-refractivity contribution in [1.82, 2.24) is 10.2 Å². The van der Waals surface area contributed by atoms with Crippen LogP contribution in [0.5, 0.6) is 0 Å². The molecule has 0 aromatic rings. The number of carboxylic acids is 1. The third-order valence-corrected chi connectivity index (χ3v) is 4.63. The van der Waals surface area contributed by atoms with Crippen LogP contribution >= 0.6 is 0 Å². The zero-order valence-corrected chi connectivity index (χ0v) is 12.5. The summed E-state index contributed by atoms with van der Waals surface area (Å²) in [6, 6.07) is -0.658. The van der Waals surface area contributed by atoms with Gasteiger partial charge in [-0.3, -0.25) is 9.59 Å². The number of hydrogen-bond acceptors (Lipinski definition) is 3. The number of fused-ring (bicyclic) bond motifs is 1. The molecule has 0 spiro atoms. The molecule has 6 heteroatoms. The Morgan fingerprint density at radius 2 is 2.00 bits per heavy atom. The van der Waals surface area contributed by atoms with Gasteiger partial charge in [0.05, 0.1) is 0 Å². The van der Waals surface area contributed by atoms with Gasteiger partial charge in [0, 0.05) is 25.9 Å². The molecule has 0 aromatic carbocycles. The Labute approximate surface area is 124 Å². The molecule has 2 amide bonds. The summed E-state index contributed by atoms with van der Waals surface area (Å²) in [5.74, 6) is -0.603. The lowest BCUT2D eigenvalue weighted by molar-refractivity contribution is -0.149. The first kappa shape index (κ1) is 15.8. The van der Waals surface area contributed by atoms with Crippen LogP contribution in [0, 0.1) is 11.8 Å². The zero-order chi connectivity index (χ0) is 15.4. The summed E-state index contributed by atoms with van der Waals surface area (Å²) in [4.78, 5) is 36.6. The van der Waals surface area contributed by atoms with Gasteiger partial charge in [0.1, 0.15) is 6.04 Å². The van der Waals surface area contributed by atoms with E-state index < -0.39 is 12.0 Å². The van der Waals surface area contributed by atoms with Crippen molar-refractivity contribution in [3.05, 3.63) is 0 Å². The molecule has 21 heavy (non-hydrogen) atoms. The Kier molecular flexibility index (Phi) is 5.20. The summed E-state index contributed by atoms with van der Waals surface area (Å²) in [5.41, 5.74) is 0. The average Bonchev–Trinajstić information content (AvgIpc) is 2.97. The number of carbonyl (C=O) groups excluding carboxylic acids is 2. The molecule has 2 rings (SSSR count). The molecule has 1 saturated carbocycles. The smallest absolute Gasteiger partial charge is 0.326 e. The SMILES string of the molecule is CCNC(=O)CCCC(=O)N1CC2CCCC2C1C(=O)O. The Morgan fingerprint density at radius 3 is 2.67 bits per heavy atom. The number of nitrogens with one attached hydrogen (secondary N) is 1. The van der Waals surface area contributed by atoms with E-state index in [1.54, 1.807) is 0 Å². The number of carbonyl (C=O) groups is 3. The highest BCUT2D eigenvalue weighted by molar-refractivity contribution is 5.85. The Balaban J connectivity index is 1.86. The second-order valence-electron chi connectivity index (χ2n) is 5.99. The lowest BCUT2D eigenvalue weighted by Gasteiger charge is -2.24. The summed E-state index contributed by atoms with van der Waals surface area (Å²) in [6.07, 6.45) is 4.04. The number of nitrogens with zero attached hydrogens (tertiary/aromatic N) is 1. The second-order valence-corrected chi connectivity index (χ2v) is 5.99.